The lowest BCUT2D eigenvalue weighted by Gasteiger charge is -2.13. The van der Waals surface area contributed by atoms with Crippen LogP contribution in [-0.4, -0.2) is 107 Å². The van der Waals surface area contributed by atoms with E-state index < -0.39 is 0 Å². The Hall–Kier alpha value is -13.6. The number of amides is 6. The Morgan fingerprint density at radius 3 is 0.984 bits per heavy atom. The van der Waals surface area contributed by atoms with Crippen molar-refractivity contribution in [2.24, 2.45) is 11.5 Å². The summed E-state index contributed by atoms with van der Waals surface area (Å²) in [5.74, 6) is 16.7. The quantitative estimate of drug-likeness (QED) is 0.0154. The maximum Gasteiger partial charge on any atom is 0.261 e. The van der Waals surface area contributed by atoms with Crippen LogP contribution >= 0.6 is 22.6 Å². The molecular formula is C111H118IN7O9. The molecular weight excluding hydrogens is 1700 g/mol. The van der Waals surface area contributed by atoms with Crippen LogP contribution in [-0.2, 0) is 44.9 Å². The molecule has 12 aromatic rings. The van der Waals surface area contributed by atoms with Gasteiger partial charge in [-0.1, -0.05) is 224 Å². The summed E-state index contributed by atoms with van der Waals surface area (Å²) in [6.07, 6.45) is 21.8. The minimum Gasteiger partial charge on any atom is -0.397 e. The fraction of sp³-hybridized carbons (Fsp3) is 0.225. The molecule has 3 aliphatic rings. The van der Waals surface area contributed by atoms with E-state index in [9.17, 15) is 28.8 Å². The predicted molar refractivity (Wildman–Crippen MR) is 527 cm³/mol. The van der Waals surface area contributed by atoms with Gasteiger partial charge in [0.25, 0.3) is 35.4 Å². The van der Waals surface area contributed by atoms with Gasteiger partial charge in [0.2, 0.25) is 0 Å². The normalized spacial score (nSPS) is 11.1. The van der Waals surface area contributed by atoms with Gasteiger partial charge in [0.05, 0.1) is 33.4 Å². The van der Waals surface area contributed by atoms with E-state index >= 15 is 0 Å². The lowest BCUT2D eigenvalue weighted by atomic mass is 9.99. The molecule has 12 aromatic carbocycles. The van der Waals surface area contributed by atoms with Crippen molar-refractivity contribution in [2.45, 2.75) is 119 Å². The number of carbonyl (C=O) groups is 6. The molecule has 6 amide bonds. The molecule has 0 spiro atoms. The van der Waals surface area contributed by atoms with Crippen molar-refractivity contribution in [1.82, 2.24) is 15.1 Å². The molecule has 128 heavy (non-hydrogen) atoms. The summed E-state index contributed by atoms with van der Waals surface area (Å²) < 4.78 is 1.34. The highest BCUT2D eigenvalue weighted by molar-refractivity contribution is 14.1. The third-order valence-electron chi connectivity index (χ3n) is 20.1. The molecule has 3 aliphatic heterocycles. The molecule has 0 radical (unpaired) electrons. The number of hydrogen-bond acceptors (Lipinski definition) is 13. The number of terminal acetylenes is 2. The zero-order valence-corrected chi connectivity index (χ0v) is 76.2. The third-order valence-corrected chi connectivity index (χ3v) is 21.3. The smallest absolute Gasteiger partial charge is 0.261 e. The van der Waals surface area contributed by atoms with E-state index in [1.54, 1.807) is 86.6 Å². The van der Waals surface area contributed by atoms with Gasteiger partial charge in [-0.3, -0.25) is 43.9 Å². The van der Waals surface area contributed by atoms with Crippen molar-refractivity contribution in [3.05, 3.63) is 423 Å². The maximum absolute atomic E-state index is 12.4. The summed E-state index contributed by atoms with van der Waals surface area (Å²) in [5, 5.41) is 26.0. The number of nitrogens with zero attached hydrogens (tertiary/aromatic N) is 2. The summed E-state index contributed by atoms with van der Waals surface area (Å²) >= 11 is 2.32. The molecule has 17 heteroatoms. The van der Waals surface area contributed by atoms with Gasteiger partial charge in [0, 0.05) is 71.3 Å². The fourth-order valence-corrected chi connectivity index (χ4v) is 13.8. The predicted octanol–water partition coefficient (Wildman–Crippen LogP) is 20.1. The van der Waals surface area contributed by atoms with Gasteiger partial charge in [-0.2, -0.15) is 0 Å². The number of hydrogen-bond donors (Lipinski definition) is 8. The molecule has 0 saturated carbocycles. The van der Waals surface area contributed by atoms with E-state index in [4.69, 9.17) is 50.7 Å². The first-order chi connectivity index (χ1) is 62.2. The molecule has 10 N–H and O–H groups in total. The van der Waals surface area contributed by atoms with Crippen molar-refractivity contribution in [3.8, 4) is 48.4 Å². The van der Waals surface area contributed by atoms with Crippen LogP contribution in [0.25, 0.3) is 0 Å². The summed E-state index contributed by atoms with van der Waals surface area (Å²) in [6.45, 7) is 14.9. The largest absolute Gasteiger partial charge is 0.397 e. The van der Waals surface area contributed by atoms with E-state index in [0.717, 1.165) is 140 Å². The Labute approximate surface area is 771 Å². The van der Waals surface area contributed by atoms with Crippen LogP contribution in [0.5, 0.6) is 0 Å². The zero-order chi connectivity index (χ0) is 92.8. The number of nitrogens with one attached hydrogen (secondary N) is 3. The second-order valence-electron chi connectivity index (χ2n) is 29.6. The topological polar surface area (TPSA) is 281 Å². The highest BCUT2D eigenvalue weighted by Gasteiger charge is 2.36. The average molecular weight is 1820 g/mol. The van der Waals surface area contributed by atoms with Crippen molar-refractivity contribution in [3.63, 3.8) is 0 Å². The molecule has 3 heterocycles. The summed E-state index contributed by atoms with van der Waals surface area (Å²) in [4.78, 5) is 73.9. The lowest BCUT2D eigenvalue weighted by Crippen LogP contribution is -2.30. The number of rotatable bonds is 20. The lowest BCUT2D eigenvalue weighted by molar-refractivity contribution is 0.0637. The Bertz CT molecular complexity index is 5700. The zero-order valence-electron chi connectivity index (χ0n) is 74.0. The maximum atomic E-state index is 12.4. The standard InChI is InChI=1S/C26H21NO2.C19H15NO2.C18H23N.C18H19N.C11H12O.C8H5NO2.C7H7I.2C2H6O.H2N2.H2/c1-19-8-2-3-12-22(19)16-15-21-10-6-9-20(18-21)11-7-17-27-25(28)23-13-4-5-14-24(23)26(27)29;1-2-14-7-5-8-15(13-14)9-6-12-20-18(21)16-10-3-4-11-17(16)19(20)22;2*1-15-6-2-3-10-18(15)12-11-17-8-4-7-16(14-17)9-5-13-19;1-2-10-5-3-6-11(9-10)7-4-8-12;10-7-5-3-1-2-4-6(5)8(11)9-7;1-6-4-2-3-5-7(6)8;2*1-2-3;1-2;/h2-6,8-10,12-14,18H,7,11,17H2,1H3;1,3-5,7-8,10-11,13H,6,9,12H2;2-4,6-8,10,14H,5,9,11-13,19H2,1H3;2-4,6-8,10,14H,5,9,13,19H2,1H3;1,3,5-6,9,12H,4,7-8H2;1-4H,(H,9,10,11);2-5H,1H3;2*3H,2H2,1H3;1-2H;1H. The van der Waals surface area contributed by atoms with E-state index in [0.29, 0.717) is 46.5 Å². The first-order valence-electron chi connectivity index (χ1n) is 42.8. The third kappa shape index (κ3) is 34.8. The number of aliphatic hydroxyl groups excluding tert-OH is 3. The van der Waals surface area contributed by atoms with Crippen LogP contribution in [0, 0.1) is 90.7 Å². The number of halogens is 1. The molecule has 0 aromatic heterocycles. The molecule has 15 rings (SSSR count). The van der Waals surface area contributed by atoms with Gasteiger partial charge in [0.1, 0.15) is 0 Å². The molecule has 0 atom stereocenters. The van der Waals surface area contributed by atoms with E-state index in [1.807, 2.05) is 91.0 Å². The van der Waals surface area contributed by atoms with Gasteiger partial charge in [-0.25, -0.2) is 11.1 Å². The van der Waals surface area contributed by atoms with Crippen LogP contribution < -0.4 is 16.8 Å². The minimum atomic E-state index is -0.300. The Morgan fingerprint density at radius 1 is 0.344 bits per heavy atom. The first kappa shape index (κ1) is 103. The minimum absolute atomic E-state index is 0. The Morgan fingerprint density at radius 2 is 0.641 bits per heavy atom. The second-order valence-corrected chi connectivity index (χ2v) is 30.8. The molecule has 0 saturated heterocycles. The molecule has 16 nitrogen and oxygen atoms in total. The number of benzene rings is 12. The molecule has 0 fully saturated rings. The second kappa shape index (κ2) is 58.6. The van der Waals surface area contributed by atoms with Gasteiger partial charge in [-0.15, -0.1) is 12.8 Å². The molecule has 0 aliphatic carbocycles. The monoisotopic (exact) mass is 1820 g/mol. The summed E-state index contributed by atoms with van der Waals surface area (Å²) in [6, 6.07) is 95.0. The average Bonchev–Trinajstić information content (AvgIpc) is 1.64. The number of aryl methyl sites for hydroxylation is 11. The number of aliphatic hydroxyl groups is 3. The summed E-state index contributed by atoms with van der Waals surface area (Å²) in [5.41, 5.74) is 44.2. The van der Waals surface area contributed by atoms with Crippen LogP contribution in [0.2, 0.25) is 0 Å². The molecule has 0 unspecified atom stereocenters. The van der Waals surface area contributed by atoms with Crippen LogP contribution in [0.1, 0.15) is 204 Å². The van der Waals surface area contributed by atoms with Crippen LogP contribution in [0.3, 0.4) is 0 Å². The van der Waals surface area contributed by atoms with Gasteiger partial charge in [0.15, 0.2) is 0 Å². The van der Waals surface area contributed by atoms with Crippen molar-refractivity contribution < 1.29 is 45.5 Å². The van der Waals surface area contributed by atoms with Crippen molar-refractivity contribution in [2.75, 3.05) is 46.0 Å². The SMILES string of the molecule is C#Cc1cccc(CCCN2C(=O)c3ccccc3C2=O)c1.C#Cc1cccc(CCCO)c1.CCO.CCO.Cc1ccccc1C#Cc1cccc(CCCN)c1.Cc1ccccc1C#Cc1cccc(CCCN2C(=O)c3ccccc3C2=O)c1.Cc1ccccc1CCc1cccc(CCCN)c1.Cc1ccccc1I.N=N.O=C1NC(=O)c2ccccc21.[HH]. The van der Waals surface area contributed by atoms with Gasteiger partial charge >= 0.3 is 0 Å². The number of nitrogens with two attached hydrogens (primary N) is 2. The number of carbonyl (C=O) groups excluding carboxylic acids is 6. The van der Waals surface area contributed by atoms with Gasteiger partial charge < -0.3 is 26.8 Å². The highest BCUT2D eigenvalue weighted by atomic mass is 127. The van der Waals surface area contributed by atoms with Crippen LogP contribution in [0.15, 0.2) is 291 Å². The molecule has 658 valence electrons. The summed E-state index contributed by atoms with van der Waals surface area (Å²) in [7, 11) is 0. The van der Waals surface area contributed by atoms with Crippen molar-refractivity contribution >= 4 is 58.0 Å². The van der Waals surface area contributed by atoms with E-state index in [-0.39, 0.29) is 56.7 Å². The molecule has 0 bridgehead atoms. The van der Waals surface area contributed by atoms with E-state index in [1.165, 1.54) is 57.9 Å². The van der Waals surface area contributed by atoms with Gasteiger partial charge in [-0.05, 0) is 319 Å². The van der Waals surface area contributed by atoms with E-state index in [2.05, 4.69) is 219 Å². The number of imide groups is 3. The number of fused-ring (bicyclic) bond motifs is 3. The first-order valence-corrected chi connectivity index (χ1v) is 43.9. The van der Waals surface area contributed by atoms with Crippen LogP contribution in [0.4, 0.5) is 0 Å². The Kier molecular flexibility index (Phi) is 47.3. The highest BCUT2D eigenvalue weighted by Crippen LogP contribution is 2.26. The Balaban J connectivity index is 0.000000270. The van der Waals surface area contributed by atoms with Crippen molar-refractivity contribution in [1.29, 1.82) is 11.1 Å². The fourth-order valence-electron chi connectivity index (χ4n) is 13.4.